The lowest BCUT2D eigenvalue weighted by Gasteiger charge is -2.33. The summed E-state index contributed by atoms with van der Waals surface area (Å²) in [6.45, 7) is 3.93. The number of amides is 14. The number of guanidine groups is 1. The van der Waals surface area contributed by atoms with Gasteiger partial charge in [-0.15, -0.1) is 0 Å². The lowest BCUT2D eigenvalue weighted by Crippen LogP contribution is -2.60. The van der Waals surface area contributed by atoms with Crippen molar-refractivity contribution in [1.29, 1.82) is 5.41 Å². The second-order valence-electron chi connectivity index (χ2n) is 25.2. The third kappa shape index (κ3) is 29.0. The fourth-order valence-corrected chi connectivity index (χ4v) is 11.1. The van der Waals surface area contributed by atoms with Crippen molar-refractivity contribution in [1.82, 2.24) is 83.6 Å². The number of hydrogen-bond acceptors (Lipinski definition) is 20. The van der Waals surface area contributed by atoms with Gasteiger partial charge in [-0.3, -0.25) is 82.1 Å². The Kier molecular flexibility index (Phi) is 34.3. The van der Waals surface area contributed by atoms with E-state index in [1.165, 1.54) is 22.3 Å². The van der Waals surface area contributed by atoms with Crippen LogP contribution in [-0.2, 0) is 94.3 Å². The van der Waals surface area contributed by atoms with Crippen LogP contribution < -0.4 is 81.0 Å². The normalized spacial score (nSPS) is 16.3. The van der Waals surface area contributed by atoms with Crippen LogP contribution in [0.5, 0.6) is 0 Å². The van der Waals surface area contributed by atoms with Crippen molar-refractivity contribution in [3.63, 3.8) is 0 Å². The molecular formula is C63H94N20O20. The molecule has 23 N–H and O–H groups in total. The number of hydrogen-bond donors (Lipinski definition) is 20. The van der Waals surface area contributed by atoms with Crippen molar-refractivity contribution in [3.8, 4) is 0 Å². The predicted octanol–water partition coefficient (Wildman–Crippen LogP) is -7.37. The van der Waals surface area contributed by atoms with Crippen LogP contribution in [0, 0.1) is 17.2 Å². The number of nitrogens with two attached hydrogens (primary N) is 3. The summed E-state index contributed by atoms with van der Waals surface area (Å²) in [5, 5.41) is 65.1. The minimum atomic E-state index is -1.96. The van der Waals surface area contributed by atoms with Crippen LogP contribution in [0.4, 0.5) is 0 Å². The van der Waals surface area contributed by atoms with Gasteiger partial charge < -0.3 is 111 Å². The number of carbonyl (C=O) groups is 17. The average Bonchev–Trinajstić information content (AvgIpc) is 1.67. The molecule has 2 aromatic rings. The first-order valence-corrected chi connectivity index (χ1v) is 33.2. The minimum absolute atomic E-state index is 0.0417. The molecule has 2 aliphatic heterocycles. The molecule has 1 aromatic carbocycles. The molecule has 14 amide bonds. The lowest BCUT2D eigenvalue weighted by molar-refractivity contribution is -0.148. The summed E-state index contributed by atoms with van der Waals surface area (Å²) in [5.41, 5.74) is 16.6. The molecule has 0 unspecified atom stereocenters. The molecule has 103 heavy (non-hydrogen) atoms. The van der Waals surface area contributed by atoms with E-state index in [0.29, 0.717) is 18.4 Å². The Hall–Kier alpha value is -11.3. The summed E-state index contributed by atoms with van der Waals surface area (Å²) in [6.07, 6.45) is 0.0135. The minimum Gasteiger partial charge on any atom is -0.481 e. The molecule has 40 nitrogen and oxygen atoms in total. The fourth-order valence-electron chi connectivity index (χ4n) is 11.1. The van der Waals surface area contributed by atoms with E-state index in [2.05, 4.69) is 73.8 Å². The average molecular weight is 1450 g/mol. The van der Waals surface area contributed by atoms with Crippen LogP contribution in [0.1, 0.15) is 110 Å². The standard InChI is InChI=1S/C63H94N20O20/c1-32(2)21-42(60(100)83-20-10-15-44(83)61(101)82-19-9-14-43(82)59(99)72-30-49(88)81-52(33(3)4)62(102)103)80-58(98)41(25-51(91)92)79-56(96)38(22-34-11-6-5-7-12-34)75-47(86)29-71-54(94)39(23-35-27-68-31-73-35)78-57(97)40(24-50(89)90)76-48(87)28-70-53(93)37(16-17-45(65)84)77-55(95)36(74-46(85)26-64)13-8-18-69-63(66)67/h5-7,11-12,27,31-33,36-44,52H,8-10,13-26,28-30,64H2,1-4H3,(H2,65,84)(H,68,73)(H,70,93)(H,71,94)(H,72,99)(H,74,85)(H,75,86)(H,76,87)(H,77,95)(H,78,97)(H,79,96)(H,80,98)(H,81,88)(H,89,90)(H,91,92)(H,102,103)(H4,66,67,69)/t36-,37-,38-,39-,40-,41-,42-,43-,44-,52-/m0/s1. The Bertz CT molecular complexity index is 3380. The molecule has 0 aliphatic carbocycles. The van der Waals surface area contributed by atoms with Crippen LogP contribution in [0.25, 0.3) is 0 Å². The highest BCUT2D eigenvalue weighted by molar-refractivity contribution is 6.00. The Balaban J connectivity index is 1.47. The van der Waals surface area contributed by atoms with Gasteiger partial charge in [-0.1, -0.05) is 58.0 Å². The van der Waals surface area contributed by atoms with Gasteiger partial charge in [0.05, 0.1) is 51.0 Å². The van der Waals surface area contributed by atoms with Gasteiger partial charge in [0.1, 0.15) is 60.4 Å². The SMILES string of the molecule is CC(C)C[C@H](NC(=O)[C@H](CC(=O)O)NC(=O)[C@H](Cc1ccccc1)NC(=O)CNC(=O)[C@H](Cc1c[nH]cn1)NC(=O)[C@H](CC(=O)O)NC(=O)CNC(=O)[C@H](CCC(N)=O)NC(=O)[C@H](CCCNC(=N)N)NC(=O)CN)C(=O)N1CCC[C@H]1C(=O)N1CCC[C@H]1C(=O)NCC(=O)N[C@H](C(=O)O)C(C)C. The molecule has 40 heteroatoms. The number of nitrogens with zero attached hydrogens (tertiary/aromatic N) is 3. The van der Waals surface area contributed by atoms with Gasteiger partial charge in [0.2, 0.25) is 82.7 Å². The maximum Gasteiger partial charge on any atom is 0.326 e. The number of rotatable bonds is 43. The van der Waals surface area contributed by atoms with Crippen LogP contribution in [0.2, 0.25) is 0 Å². The first-order valence-electron chi connectivity index (χ1n) is 33.2. The summed E-state index contributed by atoms with van der Waals surface area (Å²) in [4.78, 5) is 235. The fraction of sp³-hybridized carbons (Fsp3) is 0.571. The van der Waals surface area contributed by atoms with Gasteiger partial charge in [0, 0.05) is 45.1 Å². The molecule has 2 saturated heterocycles. The lowest BCUT2D eigenvalue weighted by atomic mass is 10.0. The number of aliphatic carboxylic acids is 3. The Morgan fingerprint density at radius 2 is 1.07 bits per heavy atom. The first-order chi connectivity index (χ1) is 48.7. The van der Waals surface area contributed by atoms with Crippen molar-refractivity contribution in [2.75, 3.05) is 45.8 Å². The molecule has 0 bridgehead atoms. The zero-order valence-electron chi connectivity index (χ0n) is 57.5. The van der Waals surface area contributed by atoms with Crippen LogP contribution in [-0.4, -0.2) is 248 Å². The molecule has 1 aromatic heterocycles. The van der Waals surface area contributed by atoms with Crippen molar-refractivity contribution in [2.24, 2.45) is 29.0 Å². The Morgan fingerprint density at radius 1 is 0.573 bits per heavy atom. The van der Waals surface area contributed by atoms with Crippen LogP contribution >= 0.6 is 0 Å². The Morgan fingerprint density at radius 3 is 1.62 bits per heavy atom. The highest BCUT2D eigenvalue weighted by Crippen LogP contribution is 2.27. The van der Waals surface area contributed by atoms with E-state index in [9.17, 15) is 96.8 Å². The summed E-state index contributed by atoms with van der Waals surface area (Å²) in [7, 11) is 0. The van der Waals surface area contributed by atoms with Crippen molar-refractivity contribution in [2.45, 2.75) is 172 Å². The third-order valence-corrected chi connectivity index (χ3v) is 16.2. The second-order valence-corrected chi connectivity index (χ2v) is 25.2. The number of H-pyrrole nitrogens is 1. The highest BCUT2D eigenvalue weighted by Gasteiger charge is 2.45. The van der Waals surface area contributed by atoms with E-state index in [4.69, 9.17) is 22.6 Å². The van der Waals surface area contributed by atoms with Crippen molar-refractivity contribution < 1.29 is 96.8 Å². The van der Waals surface area contributed by atoms with E-state index >= 15 is 0 Å². The number of aromatic amines is 1. The molecule has 2 fully saturated rings. The number of carboxylic acids is 3. The van der Waals surface area contributed by atoms with E-state index in [-0.39, 0.29) is 75.7 Å². The predicted molar refractivity (Wildman–Crippen MR) is 359 cm³/mol. The van der Waals surface area contributed by atoms with E-state index in [1.807, 2.05) is 0 Å². The van der Waals surface area contributed by atoms with Crippen LogP contribution in [0.15, 0.2) is 42.9 Å². The maximum atomic E-state index is 14.6. The second kappa shape index (κ2) is 42.0. The topological polar surface area (TPSA) is 632 Å². The van der Waals surface area contributed by atoms with Gasteiger partial charge in [-0.2, -0.15) is 0 Å². The van der Waals surface area contributed by atoms with Crippen molar-refractivity contribution in [3.05, 3.63) is 54.1 Å². The van der Waals surface area contributed by atoms with E-state index in [0.717, 1.165) is 0 Å². The summed E-state index contributed by atoms with van der Waals surface area (Å²) in [6, 6.07) is -6.77. The summed E-state index contributed by atoms with van der Waals surface area (Å²) < 4.78 is 0. The maximum absolute atomic E-state index is 14.6. The number of primary amides is 1. The zero-order chi connectivity index (χ0) is 76.6. The van der Waals surface area contributed by atoms with Gasteiger partial charge in [-0.05, 0) is 68.8 Å². The first kappa shape index (κ1) is 84.1. The summed E-state index contributed by atoms with van der Waals surface area (Å²) in [5.74, 6) is -18.8. The monoisotopic (exact) mass is 1450 g/mol. The molecule has 0 radical (unpaired) electrons. The molecular weight excluding hydrogens is 1360 g/mol. The number of carboxylic acid groups (broad SMARTS) is 3. The number of imidazole rings is 1. The number of benzene rings is 1. The smallest absolute Gasteiger partial charge is 0.326 e. The molecule has 566 valence electrons. The van der Waals surface area contributed by atoms with Crippen LogP contribution in [0.3, 0.4) is 0 Å². The third-order valence-electron chi connectivity index (χ3n) is 16.2. The zero-order valence-corrected chi connectivity index (χ0v) is 57.5. The van der Waals surface area contributed by atoms with Gasteiger partial charge in [0.15, 0.2) is 5.96 Å². The molecule has 4 rings (SSSR count). The number of nitrogens with one attached hydrogen (secondary N) is 14. The van der Waals surface area contributed by atoms with Gasteiger partial charge >= 0.3 is 17.9 Å². The number of aromatic nitrogens is 2. The molecule has 0 saturated carbocycles. The molecule has 3 heterocycles. The van der Waals surface area contributed by atoms with Gasteiger partial charge in [-0.25, -0.2) is 9.78 Å². The van der Waals surface area contributed by atoms with E-state index in [1.54, 1.807) is 58.0 Å². The molecule has 2 aliphatic rings. The number of carbonyl (C=O) groups excluding carboxylic acids is 14. The number of likely N-dealkylation sites (tertiary alicyclic amines) is 2. The van der Waals surface area contributed by atoms with Gasteiger partial charge in [0.25, 0.3) is 0 Å². The molecule has 0 spiro atoms. The largest absolute Gasteiger partial charge is 0.481 e. The summed E-state index contributed by atoms with van der Waals surface area (Å²) >= 11 is 0. The highest BCUT2D eigenvalue weighted by atomic mass is 16.4. The quantitative estimate of drug-likeness (QED) is 0.0167. The van der Waals surface area contributed by atoms with Crippen molar-refractivity contribution >= 4 is 107 Å². The van der Waals surface area contributed by atoms with E-state index < -0.39 is 225 Å². The molecule has 10 atom stereocenters. The Labute approximate surface area is 591 Å².